The van der Waals surface area contributed by atoms with E-state index >= 15 is 0 Å². The molecule has 2 aromatic rings. The number of nitrogens with one attached hydrogen (secondary N) is 2. The van der Waals surface area contributed by atoms with Crippen molar-refractivity contribution in [3.63, 3.8) is 0 Å². The van der Waals surface area contributed by atoms with E-state index in [0.29, 0.717) is 18.2 Å². The summed E-state index contributed by atoms with van der Waals surface area (Å²) in [6.45, 7) is 7.35. The van der Waals surface area contributed by atoms with E-state index in [1.165, 1.54) is 12.1 Å². The fourth-order valence-electron chi connectivity index (χ4n) is 3.44. The fraction of sp³-hybridized carbons (Fsp3) is 0.400. The van der Waals surface area contributed by atoms with Crippen molar-refractivity contribution in [1.29, 1.82) is 0 Å². The molecule has 0 spiro atoms. The van der Waals surface area contributed by atoms with Crippen LogP contribution in [0.5, 0.6) is 0 Å². The third-order valence-electron chi connectivity index (χ3n) is 5.02. The summed E-state index contributed by atoms with van der Waals surface area (Å²) in [5, 5.41) is 12.0. The lowest BCUT2D eigenvalue weighted by Crippen LogP contribution is -2.50. The molecular formula is C20H27FN4O2S. The van der Waals surface area contributed by atoms with Crippen LogP contribution < -0.4 is 15.8 Å². The van der Waals surface area contributed by atoms with Gasteiger partial charge in [0.15, 0.2) is 0 Å². The molecule has 2 aromatic carbocycles. The van der Waals surface area contributed by atoms with E-state index in [2.05, 4.69) is 22.5 Å². The summed E-state index contributed by atoms with van der Waals surface area (Å²) in [6.07, 6.45) is 0. The smallest absolute Gasteiger partial charge is 0.238 e. The van der Waals surface area contributed by atoms with Crippen LogP contribution in [-0.2, 0) is 10.0 Å². The van der Waals surface area contributed by atoms with Gasteiger partial charge in [0.2, 0.25) is 10.0 Å². The number of primary sulfonamides is 1. The molecule has 0 amide bonds. The second kappa shape index (κ2) is 8.57. The van der Waals surface area contributed by atoms with Gasteiger partial charge in [0, 0.05) is 37.9 Å². The molecule has 1 heterocycles. The van der Waals surface area contributed by atoms with Crippen LogP contribution in [0.4, 0.5) is 10.1 Å². The zero-order valence-electron chi connectivity index (χ0n) is 16.2. The van der Waals surface area contributed by atoms with E-state index < -0.39 is 10.0 Å². The molecule has 4 N–H and O–H groups in total. The Morgan fingerprint density at radius 3 is 2.61 bits per heavy atom. The Balaban J connectivity index is 1.83. The molecule has 6 nitrogen and oxygen atoms in total. The van der Waals surface area contributed by atoms with Crippen LogP contribution in [0.3, 0.4) is 0 Å². The molecule has 1 aliphatic rings. The highest BCUT2D eigenvalue weighted by molar-refractivity contribution is 7.89. The molecule has 0 aliphatic carbocycles. The number of nitrogens with zero attached hydrogens (tertiary/aromatic N) is 1. The first-order valence-corrected chi connectivity index (χ1v) is 10.9. The third kappa shape index (κ3) is 5.29. The number of nitrogens with two attached hydrogens (primary N) is 1. The SMILES string of the molecule is Cc1ccc(C(CN2CCN[C@H](C)C2)Nc2ccc(S(N)(=O)=O)cc2)cc1F. The van der Waals surface area contributed by atoms with E-state index in [-0.39, 0.29) is 16.8 Å². The number of benzene rings is 2. The zero-order chi connectivity index (χ0) is 20.3. The van der Waals surface area contributed by atoms with Crippen molar-refractivity contribution >= 4 is 15.7 Å². The van der Waals surface area contributed by atoms with Crippen molar-refractivity contribution in [3.05, 3.63) is 59.4 Å². The average molecular weight is 407 g/mol. The maximum absolute atomic E-state index is 14.2. The Bertz CT molecular complexity index is 918. The molecule has 0 bridgehead atoms. The maximum Gasteiger partial charge on any atom is 0.238 e. The summed E-state index contributed by atoms with van der Waals surface area (Å²) in [6, 6.07) is 11.8. The Kier molecular flexibility index (Phi) is 6.34. The molecule has 0 aromatic heterocycles. The number of piperazine rings is 1. The molecule has 1 saturated heterocycles. The van der Waals surface area contributed by atoms with Crippen LogP contribution in [0.1, 0.15) is 24.1 Å². The summed E-state index contributed by atoms with van der Waals surface area (Å²) in [7, 11) is -3.73. The Morgan fingerprint density at radius 1 is 1.29 bits per heavy atom. The van der Waals surface area contributed by atoms with Gasteiger partial charge in [-0.15, -0.1) is 0 Å². The normalized spacial score (nSPS) is 19.4. The van der Waals surface area contributed by atoms with Gasteiger partial charge >= 0.3 is 0 Å². The van der Waals surface area contributed by atoms with Gasteiger partial charge in [-0.3, -0.25) is 4.90 Å². The average Bonchev–Trinajstić information content (AvgIpc) is 2.63. The molecule has 1 unspecified atom stereocenters. The van der Waals surface area contributed by atoms with Gasteiger partial charge in [-0.1, -0.05) is 12.1 Å². The molecule has 152 valence electrons. The molecule has 28 heavy (non-hydrogen) atoms. The van der Waals surface area contributed by atoms with Gasteiger partial charge in [-0.25, -0.2) is 17.9 Å². The van der Waals surface area contributed by atoms with Gasteiger partial charge in [-0.2, -0.15) is 0 Å². The van der Waals surface area contributed by atoms with Gasteiger partial charge < -0.3 is 10.6 Å². The van der Waals surface area contributed by atoms with Crippen LogP contribution in [-0.4, -0.2) is 45.5 Å². The van der Waals surface area contributed by atoms with E-state index in [1.54, 1.807) is 31.2 Å². The number of aryl methyl sites for hydroxylation is 1. The Hall–Kier alpha value is -2.00. The van der Waals surface area contributed by atoms with Gasteiger partial charge in [0.25, 0.3) is 0 Å². The van der Waals surface area contributed by atoms with Crippen LogP contribution in [0.25, 0.3) is 0 Å². The molecule has 2 atom stereocenters. The quantitative estimate of drug-likeness (QED) is 0.685. The van der Waals surface area contributed by atoms with Crippen molar-refractivity contribution < 1.29 is 12.8 Å². The van der Waals surface area contributed by atoms with E-state index in [1.807, 2.05) is 6.07 Å². The highest BCUT2D eigenvalue weighted by Gasteiger charge is 2.21. The minimum Gasteiger partial charge on any atom is -0.377 e. The molecule has 8 heteroatoms. The summed E-state index contributed by atoms with van der Waals surface area (Å²) >= 11 is 0. The highest BCUT2D eigenvalue weighted by atomic mass is 32.2. The molecule has 0 saturated carbocycles. The van der Waals surface area contributed by atoms with E-state index in [4.69, 9.17) is 5.14 Å². The molecule has 1 fully saturated rings. The summed E-state index contributed by atoms with van der Waals surface area (Å²) in [5.41, 5.74) is 2.21. The number of halogens is 1. The van der Waals surface area contributed by atoms with Crippen LogP contribution in [0, 0.1) is 12.7 Å². The molecular weight excluding hydrogens is 379 g/mol. The lowest BCUT2D eigenvalue weighted by atomic mass is 10.0. The molecule has 1 aliphatic heterocycles. The minimum atomic E-state index is -3.73. The summed E-state index contributed by atoms with van der Waals surface area (Å²) < 4.78 is 37.1. The van der Waals surface area contributed by atoms with Crippen molar-refractivity contribution in [2.45, 2.75) is 30.8 Å². The predicted molar refractivity (Wildman–Crippen MR) is 109 cm³/mol. The fourth-order valence-corrected chi connectivity index (χ4v) is 3.95. The van der Waals surface area contributed by atoms with Crippen molar-refractivity contribution in [2.24, 2.45) is 5.14 Å². The van der Waals surface area contributed by atoms with Crippen molar-refractivity contribution in [1.82, 2.24) is 10.2 Å². The lowest BCUT2D eigenvalue weighted by Gasteiger charge is -2.35. The Labute approximate surface area is 166 Å². The highest BCUT2D eigenvalue weighted by Crippen LogP contribution is 2.24. The summed E-state index contributed by atoms with van der Waals surface area (Å²) in [5.74, 6) is -0.234. The largest absolute Gasteiger partial charge is 0.377 e. The van der Waals surface area contributed by atoms with Crippen molar-refractivity contribution in [2.75, 3.05) is 31.5 Å². The number of sulfonamides is 1. The van der Waals surface area contributed by atoms with Gasteiger partial charge in [0.1, 0.15) is 5.82 Å². The topological polar surface area (TPSA) is 87.5 Å². The minimum absolute atomic E-state index is 0.0620. The zero-order valence-corrected chi connectivity index (χ0v) is 17.0. The number of hydrogen-bond donors (Lipinski definition) is 3. The van der Waals surface area contributed by atoms with E-state index in [0.717, 1.165) is 30.9 Å². The third-order valence-corrected chi connectivity index (χ3v) is 5.94. The predicted octanol–water partition coefficient (Wildman–Crippen LogP) is 2.23. The first kappa shape index (κ1) is 20.7. The number of hydrogen-bond acceptors (Lipinski definition) is 5. The van der Waals surface area contributed by atoms with Gasteiger partial charge in [-0.05, 0) is 55.3 Å². The Morgan fingerprint density at radius 2 is 2.00 bits per heavy atom. The summed E-state index contributed by atoms with van der Waals surface area (Å²) in [4.78, 5) is 2.40. The van der Waals surface area contributed by atoms with Crippen LogP contribution in [0.15, 0.2) is 47.4 Å². The second-order valence-electron chi connectivity index (χ2n) is 7.39. The maximum atomic E-state index is 14.2. The van der Waals surface area contributed by atoms with Gasteiger partial charge in [0.05, 0.1) is 10.9 Å². The van der Waals surface area contributed by atoms with Crippen LogP contribution >= 0.6 is 0 Å². The molecule has 3 rings (SSSR count). The first-order chi connectivity index (χ1) is 13.2. The lowest BCUT2D eigenvalue weighted by molar-refractivity contribution is 0.200. The number of rotatable bonds is 6. The number of anilines is 1. The first-order valence-electron chi connectivity index (χ1n) is 9.33. The van der Waals surface area contributed by atoms with E-state index in [9.17, 15) is 12.8 Å². The standard InChI is InChI=1S/C20H27FN4O2S/c1-14-3-4-16(11-19(14)21)20(13-25-10-9-23-15(2)12-25)24-17-5-7-18(8-6-17)28(22,26)27/h3-8,11,15,20,23-24H,9-10,12-13H2,1-2H3,(H2,22,26,27)/t15-,20?/m1/s1. The van der Waals surface area contributed by atoms with Crippen LogP contribution in [0.2, 0.25) is 0 Å². The second-order valence-corrected chi connectivity index (χ2v) is 8.95. The van der Waals surface area contributed by atoms with Crippen molar-refractivity contribution in [3.8, 4) is 0 Å². The monoisotopic (exact) mass is 406 g/mol. The molecule has 0 radical (unpaired) electrons.